The van der Waals surface area contributed by atoms with Gasteiger partial charge in [-0.05, 0) is 53.3 Å². The number of fused-ring (bicyclic) bond motifs is 5. The summed E-state index contributed by atoms with van der Waals surface area (Å²) >= 11 is 0. The highest BCUT2D eigenvalue weighted by Gasteiger charge is 2.72. The Hall–Kier alpha value is 0. The van der Waals surface area contributed by atoms with E-state index in [-0.39, 0.29) is 0 Å². The van der Waals surface area contributed by atoms with Crippen LogP contribution in [0.1, 0.15) is 60.3 Å². The van der Waals surface area contributed by atoms with Gasteiger partial charge in [0.05, 0.1) is 0 Å². The molecule has 3 aliphatic rings. The Morgan fingerprint density at radius 2 is 1.53 bits per heavy atom. The van der Waals surface area contributed by atoms with E-state index in [0.717, 1.165) is 17.8 Å². The number of hydrogen-bond donors (Lipinski definition) is 0. The first kappa shape index (κ1) is 10.2. The minimum Gasteiger partial charge on any atom is -0.0593 e. The van der Waals surface area contributed by atoms with Gasteiger partial charge in [-0.25, -0.2) is 0 Å². The van der Waals surface area contributed by atoms with Crippen molar-refractivity contribution in [1.82, 2.24) is 0 Å². The second kappa shape index (κ2) is 2.46. The molecule has 3 fully saturated rings. The van der Waals surface area contributed by atoms with Crippen LogP contribution in [0.25, 0.3) is 0 Å². The van der Waals surface area contributed by atoms with E-state index >= 15 is 0 Å². The zero-order chi connectivity index (χ0) is 11.1. The van der Waals surface area contributed by atoms with Gasteiger partial charge in [-0.1, -0.05) is 41.0 Å². The molecule has 3 saturated carbocycles. The van der Waals surface area contributed by atoms with E-state index in [9.17, 15) is 0 Å². The first-order chi connectivity index (χ1) is 6.82. The summed E-state index contributed by atoms with van der Waals surface area (Å²) < 4.78 is 0. The Kier molecular flexibility index (Phi) is 1.67. The molecular weight excluding hydrogens is 180 g/mol. The van der Waals surface area contributed by atoms with Crippen LogP contribution in [0.5, 0.6) is 0 Å². The number of rotatable bonds is 0. The molecule has 0 amide bonds. The van der Waals surface area contributed by atoms with Gasteiger partial charge in [0, 0.05) is 0 Å². The molecule has 0 radical (unpaired) electrons. The lowest BCUT2D eigenvalue weighted by molar-refractivity contribution is -0.0135. The first-order valence-electron chi connectivity index (χ1n) is 6.82. The van der Waals surface area contributed by atoms with Crippen molar-refractivity contribution in [3.63, 3.8) is 0 Å². The smallest absolute Gasteiger partial charge is 0.0189 e. The normalized spacial score (nSPS) is 54.6. The molecule has 0 aromatic carbocycles. The van der Waals surface area contributed by atoms with Gasteiger partial charge >= 0.3 is 0 Å². The molecular formula is C15H26. The third-order valence-corrected chi connectivity index (χ3v) is 7.23. The number of hydrogen-bond acceptors (Lipinski definition) is 0. The summed E-state index contributed by atoms with van der Waals surface area (Å²) in [5, 5.41) is 0. The van der Waals surface area contributed by atoms with Crippen LogP contribution >= 0.6 is 0 Å². The van der Waals surface area contributed by atoms with Crippen molar-refractivity contribution >= 4 is 0 Å². The lowest BCUT2D eigenvalue weighted by Crippen LogP contribution is -2.43. The lowest BCUT2D eigenvalue weighted by atomic mass is 9.55. The van der Waals surface area contributed by atoms with E-state index in [1.807, 2.05) is 0 Å². The van der Waals surface area contributed by atoms with Crippen molar-refractivity contribution in [2.75, 3.05) is 0 Å². The van der Waals surface area contributed by atoms with Crippen LogP contribution in [0.4, 0.5) is 0 Å². The summed E-state index contributed by atoms with van der Waals surface area (Å²) in [6.45, 7) is 12.8. The summed E-state index contributed by atoms with van der Waals surface area (Å²) in [5.41, 5.74) is 1.77. The zero-order valence-electron chi connectivity index (χ0n) is 11.1. The Morgan fingerprint density at radius 1 is 0.867 bits per heavy atom. The van der Waals surface area contributed by atoms with Crippen molar-refractivity contribution in [2.24, 2.45) is 34.0 Å². The predicted molar refractivity (Wildman–Crippen MR) is 64.6 cm³/mol. The van der Waals surface area contributed by atoms with E-state index in [2.05, 4.69) is 34.6 Å². The highest BCUT2D eigenvalue weighted by Crippen LogP contribution is 2.79. The average molecular weight is 206 g/mol. The highest BCUT2D eigenvalue weighted by atomic mass is 14.8. The molecule has 0 aromatic heterocycles. The van der Waals surface area contributed by atoms with Crippen molar-refractivity contribution in [1.29, 1.82) is 0 Å². The molecule has 15 heavy (non-hydrogen) atoms. The van der Waals surface area contributed by atoms with E-state index in [1.54, 1.807) is 0 Å². The third kappa shape index (κ3) is 0.840. The summed E-state index contributed by atoms with van der Waals surface area (Å²) in [6.07, 6.45) is 6.04. The standard InChI is InChI=1S/C15H26/c1-13(2)9-12-10-7-6-8-11(10)15(13,5)14(12,3)4/h10-12H,6-9H2,1-5H3. The zero-order valence-corrected chi connectivity index (χ0v) is 11.1. The lowest BCUT2D eigenvalue weighted by Gasteiger charge is -2.49. The minimum absolute atomic E-state index is 0.576. The molecule has 86 valence electrons. The molecule has 3 aliphatic carbocycles. The van der Waals surface area contributed by atoms with Crippen molar-refractivity contribution < 1.29 is 0 Å². The predicted octanol–water partition coefficient (Wildman–Crippen LogP) is 4.49. The average Bonchev–Trinajstić information content (AvgIpc) is 2.67. The molecule has 4 atom stereocenters. The maximum atomic E-state index is 2.61. The van der Waals surface area contributed by atoms with Crippen LogP contribution in [-0.2, 0) is 0 Å². The van der Waals surface area contributed by atoms with Crippen LogP contribution in [0.2, 0.25) is 0 Å². The molecule has 0 aromatic rings. The fourth-order valence-corrected chi connectivity index (χ4v) is 6.13. The Bertz CT molecular complexity index is 297. The van der Waals surface area contributed by atoms with Crippen LogP contribution in [-0.4, -0.2) is 0 Å². The van der Waals surface area contributed by atoms with Crippen LogP contribution in [0.15, 0.2) is 0 Å². The molecule has 0 saturated heterocycles. The van der Waals surface area contributed by atoms with Crippen LogP contribution in [0.3, 0.4) is 0 Å². The van der Waals surface area contributed by atoms with Gasteiger partial charge in [0.15, 0.2) is 0 Å². The van der Waals surface area contributed by atoms with Crippen molar-refractivity contribution in [2.45, 2.75) is 60.3 Å². The van der Waals surface area contributed by atoms with Gasteiger partial charge in [-0.3, -0.25) is 0 Å². The molecule has 3 rings (SSSR count). The van der Waals surface area contributed by atoms with Crippen molar-refractivity contribution in [3.8, 4) is 0 Å². The van der Waals surface area contributed by atoms with Gasteiger partial charge in [-0.15, -0.1) is 0 Å². The summed E-state index contributed by atoms with van der Waals surface area (Å²) in [7, 11) is 0. The first-order valence-corrected chi connectivity index (χ1v) is 6.82. The van der Waals surface area contributed by atoms with E-state index < -0.39 is 0 Å². The Morgan fingerprint density at radius 3 is 2.20 bits per heavy atom. The van der Waals surface area contributed by atoms with Gasteiger partial charge in [0.2, 0.25) is 0 Å². The molecule has 0 aliphatic heterocycles. The summed E-state index contributed by atoms with van der Waals surface area (Å²) in [6, 6.07) is 0. The largest absolute Gasteiger partial charge is 0.0593 e. The van der Waals surface area contributed by atoms with Crippen molar-refractivity contribution in [3.05, 3.63) is 0 Å². The van der Waals surface area contributed by atoms with Gasteiger partial charge in [0.25, 0.3) is 0 Å². The molecule has 0 nitrogen and oxygen atoms in total. The van der Waals surface area contributed by atoms with Gasteiger partial charge < -0.3 is 0 Å². The Labute approximate surface area is 94.8 Å². The monoisotopic (exact) mass is 206 g/mol. The van der Waals surface area contributed by atoms with E-state index in [4.69, 9.17) is 0 Å². The molecule has 0 spiro atoms. The maximum Gasteiger partial charge on any atom is -0.0189 e. The fourth-order valence-electron chi connectivity index (χ4n) is 6.13. The van der Waals surface area contributed by atoms with E-state index in [0.29, 0.717) is 16.2 Å². The molecule has 0 heteroatoms. The molecule has 0 N–H and O–H groups in total. The maximum absolute atomic E-state index is 2.61. The van der Waals surface area contributed by atoms with Crippen LogP contribution in [0, 0.1) is 34.0 Å². The summed E-state index contributed by atoms with van der Waals surface area (Å²) in [5.74, 6) is 3.14. The van der Waals surface area contributed by atoms with Crippen LogP contribution < -0.4 is 0 Å². The van der Waals surface area contributed by atoms with Gasteiger partial charge in [0.1, 0.15) is 0 Å². The SMILES string of the molecule is CC1(C)CC2C3CCCC3C1(C)C2(C)C. The Balaban J connectivity index is 2.14. The molecule has 4 unspecified atom stereocenters. The highest BCUT2D eigenvalue weighted by molar-refractivity contribution is 5.21. The molecule has 0 heterocycles. The summed E-state index contributed by atoms with van der Waals surface area (Å²) in [4.78, 5) is 0. The minimum atomic E-state index is 0.576. The fraction of sp³-hybridized carbons (Fsp3) is 1.00. The quantitative estimate of drug-likeness (QED) is 0.547. The van der Waals surface area contributed by atoms with E-state index in [1.165, 1.54) is 25.7 Å². The third-order valence-electron chi connectivity index (χ3n) is 7.23. The molecule has 2 bridgehead atoms. The van der Waals surface area contributed by atoms with Gasteiger partial charge in [-0.2, -0.15) is 0 Å². The second-order valence-corrected chi connectivity index (χ2v) is 7.82. The second-order valence-electron chi connectivity index (χ2n) is 7.82. The topological polar surface area (TPSA) is 0 Å².